The van der Waals surface area contributed by atoms with Crippen LogP contribution in [0.4, 0.5) is 0 Å². The minimum atomic E-state index is -0.355. The average Bonchev–Trinajstić information content (AvgIpc) is 2.76. The second-order valence-electron chi connectivity index (χ2n) is 8.49. The number of piperazine rings is 1. The molecule has 0 radical (unpaired) electrons. The van der Waals surface area contributed by atoms with Crippen molar-refractivity contribution in [3.63, 3.8) is 0 Å². The average molecular weight is 466 g/mol. The van der Waals surface area contributed by atoms with Gasteiger partial charge in [0.2, 0.25) is 11.2 Å². The molecule has 0 bridgehead atoms. The highest BCUT2D eigenvalue weighted by Gasteiger charge is 2.21. The summed E-state index contributed by atoms with van der Waals surface area (Å²) < 4.78 is 5.97. The predicted molar refractivity (Wildman–Crippen MR) is 123 cm³/mol. The van der Waals surface area contributed by atoms with E-state index >= 15 is 0 Å². The summed E-state index contributed by atoms with van der Waals surface area (Å²) in [4.78, 5) is 19.2. The van der Waals surface area contributed by atoms with Crippen LogP contribution in [0.25, 0.3) is 0 Å². The van der Waals surface area contributed by atoms with Crippen LogP contribution in [0.15, 0.2) is 33.5 Å². The molecule has 168 valence electrons. The van der Waals surface area contributed by atoms with Crippen LogP contribution in [-0.2, 0) is 19.6 Å². The van der Waals surface area contributed by atoms with Crippen molar-refractivity contribution >= 4 is 23.2 Å². The molecule has 1 N–H and O–H groups in total. The van der Waals surface area contributed by atoms with Crippen LogP contribution in [0.5, 0.6) is 5.75 Å². The molecule has 2 aromatic rings. The molecule has 8 heteroatoms. The molecule has 0 atom stereocenters. The summed E-state index contributed by atoms with van der Waals surface area (Å²) >= 11 is 12.1. The van der Waals surface area contributed by atoms with Gasteiger partial charge in [0.15, 0.2) is 5.76 Å². The molecule has 1 aromatic heterocycles. The monoisotopic (exact) mass is 465 g/mol. The molecule has 31 heavy (non-hydrogen) atoms. The Morgan fingerprint density at radius 2 is 1.45 bits per heavy atom. The van der Waals surface area contributed by atoms with Gasteiger partial charge < -0.3 is 9.52 Å². The van der Waals surface area contributed by atoms with Gasteiger partial charge in [0.1, 0.15) is 5.76 Å². The zero-order valence-corrected chi connectivity index (χ0v) is 19.2. The number of hydrogen-bond acceptors (Lipinski definition) is 6. The highest BCUT2D eigenvalue weighted by molar-refractivity contribution is 6.42. The van der Waals surface area contributed by atoms with Gasteiger partial charge in [-0.3, -0.25) is 19.5 Å². The first kappa shape index (κ1) is 22.6. The molecule has 0 aliphatic carbocycles. The van der Waals surface area contributed by atoms with E-state index in [9.17, 15) is 9.90 Å². The summed E-state index contributed by atoms with van der Waals surface area (Å²) in [6, 6.07) is 7.18. The molecule has 0 saturated carbocycles. The molecule has 0 unspecified atom stereocenters. The van der Waals surface area contributed by atoms with Crippen LogP contribution < -0.4 is 5.43 Å². The van der Waals surface area contributed by atoms with E-state index in [4.69, 9.17) is 27.6 Å². The largest absolute Gasteiger partial charge is 0.502 e. The van der Waals surface area contributed by atoms with Gasteiger partial charge in [-0.1, -0.05) is 35.7 Å². The minimum Gasteiger partial charge on any atom is -0.502 e. The number of likely N-dealkylation sites (tertiary alicyclic amines) is 1. The summed E-state index contributed by atoms with van der Waals surface area (Å²) in [7, 11) is 0. The summed E-state index contributed by atoms with van der Waals surface area (Å²) in [5.74, 6) is 0.746. The summed E-state index contributed by atoms with van der Waals surface area (Å²) in [5, 5.41) is 11.4. The van der Waals surface area contributed by atoms with Crippen molar-refractivity contribution in [1.29, 1.82) is 0 Å². The van der Waals surface area contributed by atoms with Crippen molar-refractivity contribution in [3.8, 4) is 5.75 Å². The Morgan fingerprint density at radius 1 is 0.806 bits per heavy atom. The predicted octanol–water partition coefficient (Wildman–Crippen LogP) is 3.96. The van der Waals surface area contributed by atoms with Gasteiger partial charge in [-0.25, -0.2) is 0 Å². The Bertz CT molecular complexity index is 952. The zero-order chi connectivity index (χ0) is 21.8. The van der Waals surface area contributed by atoms with Crippen LogP contribution >= 0.6 is 23.2 Å². The third-order valence-corrected chi connectivity index (χ3v) is 6.83. The molecule has 3 heterocycles. The maximum absolute atomic E-state index is 12.3. The molecule has 4 rings (SSSR count). The van der Waals surface area contributed by atoms with Crippen molar-refractivity contribution in [2.45, 2.75) is 38.9 Å². The Kier molecular flexibility index (Phi) is 7.56. The summed E-state index contributed by atoms with van der Waals surface area (Å²) in [5.41, 5.74) is 0.781. The fraction of sp³-hybridized carbons (Fsp3) is 0.522. The molecule has 1 aromatic carbocycles. The van der Waals surface area contributed by atoms with Crippen LogP contribution in [0.2, 0.25) is 10.0 Å². The second kappa shape index (κ2) is 10.4. The van der Waals surface area contributed by atoms with Gasteiger partial charge in [-0.2, -0.15) is 0 Å². The lowest BCUT2D eigenvalue weighted by Gasteiger charge is -2.34. The molecule has 2 saturated heterocycles. The Morgan fingerprint density at radius 3 is 2.13 bits per heavy atom. The number of hydrogen-bond donors (Lipinski definition) is 1. The summed E-state index contributed by atoms with van der Waals surface area (Å²) in [6.45, 7) is 7.38. The Labute approximate surface area is 193 Å². The molecule has 2 fully saturated rings. The van der Waals surface area contributed by atoms with Crippen molar-refractivity contribution in [2.24, 2.45) is 0 Å². The quantitative estimate of drug-likeness (QED) is 0.696. The van der Waals surface area contributed by atoms with Crippen LogP contribution in [0.1, 0.15) is 36.3 Å². The SMILES string of the molecule is O=c1cc(CN2CCCCC2)oc(CN2CCN(Cc3ccc(Cl)c(Cl)c3)CC2)c1O. The van der Waals surface area contributed by atoms with Crippen molar-refractivity contribution in [3.05, 3.63) is 61.6 Å². The highest BCUT2D eigenvalue weighted by Crippen LogP contribution is 2.24. The molecule has 0 amide bonds. The number of rotatable bonds is 6. The Balaban J connectivity index is 1.34. The van der Waals surface area contributed by atoms with Crippen LogP contribution in [-0.4, -0.2) is 59.1 Å². The van der Waals surface area contributed by atoms with Crippen molar-refractivity contribution in [2.75, 3.05) is 39.3 Å². The zero-order valence-electron chi connectivity index (χ0n) is 17.7. The van der Waals surface area contributed by atoms with E-state index in [0.717, 1.165) is 51.4 Å². The first-order valence-electron chi connectivity index (χ1n) is 10.9. The maximum atomic E-state index is 12.3. The normalized spacial score (nSPS) is 19.0. The van der Waals surface area contributed by atoms with Crippen LogP contribution in [0.3, 0.4) is 0 Å². The lowest BCUT2D eigenvalue weighted by molar-refractivity contribution is 0.112. The van der Waals surface area contributed by atoms with Gasteiger partial charge in [0, 0.05) is 38.8 Å². The van der Waals surface area contributed by atoms with E-state index in [2.05, 4.69) is 14.7 Å². The highest BCUT2D eigenvalue weighted by atomic mass is 35.5. The molecule has 6 nitrogen and oxygen atoms in total. The van der Waals surface area contributed by atoms with Gasteiger partial charge in [0.05, 0.1) is 23.1 Å². The van der Waals surface area contributed by atoms with E-state index in [1.165, 1.54) is 25.3 Å². The standard InChI is InChI=1S/C23H29Cl2N3O3/c24-19-5-4-17(12-20(19)25)14-27-8-10-28(11-9-27)16-22-23(30)21(29)13-18(31-22)15-26-6-2-1-3-7-26/h4-5,12-13,30H,1-3,6-11,14-16H2. The fourth-order valence-corrected chi connectivity index (χ4v) is 4.64. The topological polar surface area (TPSA) is 60.2 Å². The smallest absolute Gasteiger partial charge is 0.227 e. The van der Waals surface area contributed by atoms with Gasteiger partial charge in [-0.05, 0) is 43.6 Å². The number of halogens is 2. The molecular weight excluding hydrogens is 437 g/mol. The van der Waals surface area contributed by atoms with E-state index in [1.807, 2.05) is 18.2 Å². The lowest BCUT2D eigenvalue weighted by atomic mass is 10.1. The van der Waals surface area contributed by atoms with Crippen LogP contribution in [0, 0.1) is 0 Å². The Hall–Kier alpha value is -1.57. The van der Waals surface area contributed by atoms with Crippen molar-refractivity contribution in [1.82, 2.24) is 14.7 Å². The molecule has 2 aliphatic heterocycles. The van der Waals surface area contributed by atoms with E-state index in [0.29, 0.717) is 34.7 Å². The number of piperidine rings is 1. The number of aromatic hydroxyl groups is 1. The van der Waals surface area contributed by atoms with Gasteiger partial charge in [-0.15, -0.1) is 0 Å². The lowest BCUT2D eigenvalue weighted by Crippen LogP contribution is -2.45. The van der Waals surface area contributed by atoms with E-state index in [-0.39, 0.29) is 11.2 Å². The maximum Gasteiger partial charge on any atom is 0.227 e. The van der Waals surface area contributed by atoms with E-state index in [1.54, 1.807) is 0 Å². The summed E-state index contributed by atoms with van der Waals surface area (Å²) in [6.07, 6.45) is 3.63. The number of benzene rings is 1. The molecular formula is C23H29Cl2N3O3. The van der Waals surface area contributed by atoms with Crippen molar-refractivity contribution < 1.29 is 9.52 Å². The molecule has 0 spiro atoms. The fourth-order valence-electron chi connectivity index (χ4n) is 4.32. The van der Waals surface area contributed by atoms with Gasteiger partial charge in [0.25, 0.3) is 0 Å². The second-order valence-corrected chi connectivity index (χ2v) is 9.30. The number of nitrogens with zero attached hydrogens (tertiary/aromatic N) is 3. The van der Waals surface area contributed by atoms with E-state index < -0.39 is 0 Å². The first-order valence-corrected chi connectivity index (χ1v) is 11.7. The molecule has 2 aliphatic rings. The minimum absolute atomic E-state index is 0.263. The van der Waals surface area contributed by atoms with Gasteiger partial charge >= 0.3 is 0 Å². The third kappa shape index (κ3) is 6.02. The first-order chi connectivity index (χ1) is 15.0. The third-order valence-electron chi connectivity index (χ3n) is 6.09.